The van der Waals surface area contributed by atoms with Gasteiger partial charge in [-0.15, -0.1) is 0 Å². The Balaban J connectivity index is 1.69. The number of aryl methyl sites for hydroxylation is 1. The lowest BCUT2D eigenvalue weighted by Crippen LogP contribution is -2.31. The van der Waals surface area contributed by atoms with Crippen LogP contribution in [-0.4, -0.2) is 41.1 Å². The molecule has 0 N–H and O–H groups in total. The zero-order valence-electron chi connectivity index (χ0n) is 11.7. The average Bonchev–Trinajstić information content (AvgIpc) is 2.75. The van der Waals surface area contributed by atoms with Gasteiger partial charge in [0.25, 0.3) is 0 Å². The first-order valence-electron chi connectivity index (χ1n) is 7.01. The zero-order chi connectivity index (χ0) is 13.8. The van der Waals surface area contributed by atoms with E-state index in [1.54, 1.807) is 0 Å². The maximum absolute atomic E-state index is 4.43. The molecule has 0 atom stereocenters. The van der Waals surface area contributed by atoms with Crippen LogP contribution in [0.4, 0.5) is 11.6 Å². The Morgan fingerprint density at radius 2 is 1.55 bits per heavy atom. The zero-order valence-corrected chi connectivity index (χ0v) is 11.7. The number of aromatic nitrogens is 3. The van der Waals surface area contributed by atoms with Crippen molar-refractivity contribution in [2.24, 2.45) is 0 Å². The van der Waals surface area contributed by atoms with Crippen LogP contribution in [-0.2, 0) is 0 Å². The molecule has 0 spiro atoms. The number of rotatable bonds is 2. The molecule has 0 saturated carbocycles. The van der Waals surface area contributed by atoms with Crippen molar-refractivity contribution in [1.82, 2.24) is 15.0 Å². The van der Waals surface area contributed by atoms with E-state index in [-0.39, 0.29) is 0 Å². The predicted octanol–water partition coefficient (Wildman–Crippen LogP) is 1.90. The van der Waals surface area contributed by atoms with E-state index in [0.717, 1.165) is 44.1 Å². The minimum atomic E-state index is 0.840. The summed E-state index contributed by atoms with van der Waals surface area (Å²) in [6, 6.07) is 4.13. The van der Waals surface area contributed by atoms with E-state index in [2.05, 4.69) is 36.9 Å². The van der Waals surface area contributed by atoms with Gasteiger partial charge < -0.3 is 9.80 Å². The minimum absolute atomic E-state index is 0.840. The fraction of sp³-hybridized carbons (Fsp3) is 0.400. The molecule has 1 fully saturated rings. The summed E-state index contributed by atoms with van der Waals surface area (Å²) in [5.41, 5.74) is 2.34. The molecule has 3 rings (SSSR count). The van der Waals surface area contributed by atoms with Crippen molar-refractivity contribution in [3.05, 3.63) is 42.5 Å². The lowest BCUT2D eigenvalue weighted by atomic mass is 10.3. The summed E-state index contributed by atoms with van der Waals surface area (Å²) in [4.78, 5) is 17.6. The second kappa shape index (κ2) is 5.86. The Bertz CT molecular complexity index is 540. The summed E-state index contributed by atoms with van der Waals surface area (Å²) in [6.45, 7) is 6.01. The molecule has 0 aromatic carbocycles. The molecule has 0 bridgehead atoms. The molecule has 2 aromatic rings. The van der Waals surface area contributed by atoms with E-state index in [1.807, 2.05) is 31.7 Å². The van der Waals surface area contributed by atoms with Gasteiger partial charge in [0.05, 0.1) is 0 Å². The first-order valence-corrected chi connectivity index (χ1v) is 7.01. The molecule has 1 saturated heterocycles. The van der Waals surface area contributed by atoms with E-state index < -0.39 is 0 Å². The van der Waals surface area contributed by atoms with Gasteiger partial charge in [0, 0.05) is 56.7 Å². The average molecular weight is 269 g/mol. The highest BCUT2D eigenvalue weighted by atomic mass is 15.3. The van der Waals surface area contributed by atoms with Gasteiger partial charge in [-0.25, -0.2) is 9.97 Å². The molecule has 5 nitrogen and oxygen atoms in total. The lowest BCUT2D eigenvalue weighted by molar-refractivity contribution is 0.781. The summed E-state index contributed by atoms with van der Waals surface area (Å²) in [5, 5.41) is 0. The van der Waals surface area contributed by atoms with Crippen molar-refractivity contribution in [1.29, 1.82) is 0 Å². The molecule has 0 radical (unpaired) electrons. The first-order chi connectivity index (χ1) is 9.83. The van der Waals surface area contributed by atoms with E-state index in [4.69, 9.17) is 0 Å². The Kier molecular flexibility index (Phi) is 3.76. The molecular formula is C15H19N5. The van der Waals surface area contributed by atoms with Crippen LogP contribution in [0.25, 0.3) is 0 Å². The Labute approximate surface area is 119 Å². The van der Waals surface area contributed by atoms with Crippen LogP contribution in [0.1, 0.15) is 12.0 Å². The number of anilines is 2. The number of hydrogen-bond acceptors (Lipinski definition) is 5. The van der Waals surface area contributed by atoms with E-state index in [1.165, 1.54) is 5.69 Å². The van der Waals surface area contributed by atoms with Crippen molar-refractivity contribution in [3.63, 3.8) is 0 Å². The van der Waals surface area contributed by atoms with Crippen molar-refractivity contribution in [2.75, 3.05) is 36.0 Å². The van der Waals surface area contributed by atoms with Gasteiger partial charge in [-0.1, -0.05) is 0 Å². The molecule has 1 aliphatic rings. The fourth-order valence-corrected chi connectivity index (χ4v) is 2.48. The fourth-order valence-electron chi connectivity index (χ4n) is 2.48. The normalized spacial score (nSPS) is 16.1. The monoisotopic (exact) mass is 269 g/mol. The van der Waals surface area contributed by atoms with Gasteiger partial charge in [-0.05, 0) is 31.0 Å². The third kappa shape index (κ3) is 2.87. The second-order valence-electron chi connectivity index (χ2n) is 5.09. The molecule has 2 aromatic heterocycles. The van der Waals surface area contributed by atoms with Gasteiger partial charge in [-0.3, -0.25) is 4.98 Å². The van der Waals surface area contributed by atoms with Crippen LogP contribution < -0.4 is 9.80 Å². The van der Waals surface area contributed by atoms with E-state index in [9.17, 15) is 0 Å². The first kappa shape index (κ1) is 12.8. The van der Waals surface area contributed by atoms with Gasteiger partial charge in [0.15, 0.2) is 0 Å². The van der Waals surface area contributed by atoms with Gasteiger partial charge in [0.1, 0.15) is 0 Å². The van der Waals surface area contributed by atoms with Crippen molar-refractivity contribution in [3.8, 4) is 0 Å². The molecule has 3 heterocycles. The molecule has 0 aliphatic carbocycles. The summed E-state index contributed by atoms with van der Waals surface area (Å²) >= 11 is 0. The predicted molar refractivity (Wildman–Crippen MR) is 80.0 cm³/mol. The summed E-state index contributed by atoms with van der Waals surface area (Å²) in [5.74, 6) is 0.840. The van der Waals surface area contributed by atoms with Crippen LogP contribution in [0.2, 0.25) is 0 Å². The maximum atomic E-state index is 4.43. The summed E-state index contributed by atoms with van der Waals surface area (Å²) in [6.07, 6.45) is 8.57. The summed E-state index contributed by atoms with van der Waals surface area (Å²) < 4.78 is 0. The third-order valence-corrected chi connectivity index (χ3v) is 3.57. The highest BCUT2D eigenvalue weighted by Crippen LogP contribution is 2.17. The molecule has 1 aliphatic heterocycles. The molecule has 0 amide bonds. The highest BCUT2D eigenvalue weighted by molar-refractivity contribution is 5.45. The van der Waals surface area contributed by atoms with E-state index in [0.29, 0.717) is 0 Å². The number of nitrogens with zero attached hydrogens (tertiary/aromatic N) is 5. The SMILES string of the molecule is Cc1cnc(N2CCCN(c3ccncc3)CC2)nc1. The molecule has 5 heteroatoms. The van der Waals surface area contributed by atoms with Crippen molar-refractivity contribution >= 4 is 11.6 Å². The number of hydrogen-bond donors (Lipinski definition) is 0. The van der Waals surface area contributed by atoms with E-state index >= 15 is 0 Å². The Morgan fingerprint density at radius 3 is 2.30 bits per heavy atom. The van der Waals surface area contributed by atoms with Crippen molar-refractivity contribution < 1.29 is 0 Å². The molecule has 104 valence electrons. The van der Waals surface area contributed by atoms with Crippen LogP contribution in [0.3, 0.4) is 0 Å². The van der Waals surface area contributed by atoms with Gasteiger partial charge in [-0.2, -0.15) is 0 Å². The number of pyridine rings is 1. The van der Waals surface area contributed by atoms with Gasteiger partial charge in [0.2, 0.25) is 5.95 Å². The highest BCUT2D eigenvalue weighted by Gasteiger charge is 2.16. The quantitative estimate of drug-likeness (QED) is 0.833. The van der Waals surface area contributed by atoms with Crippen LogP contribution in [0.15, 0.2) is 36.9 Å². The Hall–Kier alpha value is -2.17. The largest absolute Gasteiger partial charge is 0.370 e. The van der Waals surface area contributed by atoms with Crippen LogP contribution in [0, 0.1) is 6.92 Å². The molecule has 20 heavy (non-hydrogen) atoms. The minimum Gasteiger partial charge on any atom is -0.370 e. The molecular weight excluding hydrogens is 250 g/mol. The topological polar surface area (TPSA) is 45.2 Å². The summed E-state index contributed by atoms with van der Waals surface area (Å²) in [7, 11) is 0. The van der Waals surface area contributed by atoms with Crippen molar-refractivity contribution in [2.45, 2.75) is 13.3 Å². The molecule has 0 unspecified atom stereocenters. The second-order valence-corrected chi connectivity index (χ2v) is 5.09. The Morgan fingerprint density at radius 1 is 0.900 bits per heavy atom. The smallest absolute Gasteiger partial charge is 0.225 e. The van der Waals surface area contributed by atoms with Gasteiger partial charge >= 0.3 is 0 Å². The standard InChI is InChI=1S/C15H19N5/c1-13-11-17-15(18-12-13)20-8-2-7-19(9-10-20)14-3-5-16-6-4-14/h3-6,11-12H,2,7-10H2,1H3. The van der Waals surface area contributed by atoms with Crippen LogP contribution in [0.5, 0.6) is 0 Å². The maximum Gasteiger partial charge on any atom is 0.225 e. The van der Waals surface area contributed by atoms with Crippen LogP contribution >= 0.6 is 0 Å². The lowest BCUT2D eigenvalue weighted by Gasteiger charge is -2.23. The third-order valence-electron chi connectivity index (χ3n) is 3.57.